The monoisotopic (exact) mass is 324 g/mol. The number of aryl methyl sites for hydroxylation is 1. The van der Waals surface area contributed by atoms with Crippen LogP contribution in [0.2, 0.25) is 0 Å². The second-order valence-corrected chi connectivity index (χ2v) is 6.64. The third-order valence-electron chi connectivity index (χ3n) is 3.56. The van der Waals surface area contributed by atoms with Crippen LogP contribution in [0, 0.1) is 5.92 Å². The fourth-order valence-corrected chi connectivity index (χ4v) is 3.12. The summed E-state index contributed by atoms with van der Waals surface area (Å²) < 4.78 is 4.38. The lowest BCUT2D eigenvalue weighted by Gasteiger charge is -2.36. The van der Waals surface area contributed by atoms with Crippen molar-refractivity contribution in [2.24, 2.45) is 10.9 Å². The topological polar surface area (TPSA) is 56.7 Å². The van der Waals surface area contributed by atoms with E-state index in [9.17, 15) is 0 Å². The zero-order valence-electron chi connectivity index (χ0n) is 14.2. The van der Waals surface area contributed by atoms with E-state index in [1.165, 1.54) is 11.5 Å². The summed E-state index contributed by atoms with van der Waals surface area (Å²) in [6.07, 6.45) is 0.906. The van der Waals surface area contributed by atoms with E-state index in [4.69, 9.17) is 4.99 Å². The molecule has 6 nitrogen and oxygen atoms in total. The molecule has 1 aliphatic rings. The highest BCUT2D eigenvalue weighted by atomic mass is 32.1. The predicted octanol–water partition coefficient (Wildman–Crippen LogP) is 1.84. The molecular formula is C15H28N6S. The summed E-state index contributed by atoms with van der Waals surface area (Å²) in [6.45, 7) is 14.3. The molecule has 1 saturated heterocycles. The number of aliphatic imine (C=N–C) groups is 1. The van der Waals surface area contributed by atoms with Crippen molar-refractivity contribution in [3.8, 4) is 0 Å². The molecule has 0 amide bonds. The van der Waals surface area contributed by atoms with Crippen LogP contribution >= 0.6 is 11.5 Å². The van der Waals surface area contributed by atoms with Gasteiger partial charge in [0.25, 0.3) is 0 Å². The first-order valence-electron chi connectivity index (χ1n) is 8.24. The third-order valence-corrected chi connectivity index (χ3v) is 4.38. The smallest absolute Gasteiger partial charge is 0.205 e. The molecule has 1 fully saturated rings. The molecular weight excluding hydrogens is 296 g/mol. The number of nitrogens with one attached hydrogen (secondary N) is 1. The first-order chi connectivity index (χ1) is 10.6. The lowest BCUT2D eigenvalue weighted by molar-refractivity contribution is 0.371. The summed E-state index contributed by atoms with van der Waals surface area (Å²) in [7, 11) is 0. The van der Waals surface area contributed by atoms with Crippen LogP contribution in [0.25, 0.3) is 0 Å². The van der Waals surface area contributed by atoms with Gasteiger partial charge in [-0.15, -0.1) is 0 Å². The molecule has 0 spiro atoms. The first-order valence-corrected chi connectivity index (χ1v) is 9.02. The van der Waals surface area contributed by atoms with Crippen molar-refractivity contribution >= 4 is 22.6 Å². The molecule has 0 unspecified atom stereocenters. The van der Waals surface area contributed by atoms with Crippen LogP contribution in [0.5, 0.6) is 0 Å². The predicted molar refractivity (Wildman–Crippen MR) is 93.9 cm³/mol. The Labute approximate surface area is 137 Å². The van der Waals surface area contributed by atoms with E-state index in [2.05, 4.69) is 52.2 Å². The van der Waals surface area contributed by atoms with Gasteiger partial charge in [0.15, 0.2) is 5.96 Å². The van der Waals surface area contributed by atoms with E-state index >= 15 is 0 Å². The van der Waals surface area contributed by atoms with Crippen LogP contribution in [0.3, 0.4) is 0 Å². The van der Waals surface area contributed by atoms with E-state index in [1.54, 1.807) is 0 Å². The Morgan fingerprint density at radius 2 is 2.00 bits per heavy atom. The average Bonchev–Trinajstić information content (AvgIpc) is 3.00. The number of guanidine groups is 1. The third kappa shape index (κ3) is 4.56. The number of rotatable bonds is 5. The fourth-order valence-electron chi connectivity index (χ4n) is 2.32. The van der Waals surface area contributed by atoms with E-state index in [0.717, 1.165) is 62.6 Å². The summed E-state index contributed by atoms with van der Waals surface area (Å²) in [5.74, 6) is 2.58. The molecule has 1 aromatic rings. The van der Waals surface area contributed by atoms with Gasteiger partial charge in [0.2, 0.25) is 5.13 Å². The van der Waals surface area contributed by atoms with Gasteiger partial charge in [-0.2, -0.15) is 4.37 Å². The molecule has 1 aromatic heterocycles. The molecule has 0 aromatic carbocycles. The van der Waals surface area contributed by atoms with Crippen molar-refractivity contribution in [2.45, 2.75) is 34.1 Å². The molecule has 7 heteroatoms. The summed E-state index contributed by atoms with van der Waals surface area (Å²) in [5, 5.41) is 4.46. The number of hydrogen-bond donors (Lipinski definition) is 1. The maximum absolute atomic E-state index is 4.74. The SMILES string of the molecule is CCNC(=NCC(C)C)N1CCN(c2nc(CC)ns2)CC1. The van der Waals surface area contributed by atoms with Gasteiger partial charge in [-0.25, -0.2) is 4.98 Å². The second kappa shape index (κ2) is 8.31. The Balaban J connectivity index is 1.92. The minimum Gasteiger partial charge on any atom is -0.357 e. The van der Waals surface area contributed by atoms with Gasteiger partial charge in [0.1, 0.15) is 5.82 Å². The summed E-state index contributed by atoms with van der Waals surface area (Å²) in [6, 6.07) is 0. The van der Waals surface area contributed by atoms with Crippen molar-refractivity contribution < 1.29 is 0 Å². The van der Waals surface area contributed by atoms with Crippen LogP contribution in [-0.4, -0.2) is 59.5 Å². The lowest BCUT2D eigenvalue weighted by Crippen LogP contribution is -2.52. The van der Waals surface area contributed by atoms with Gasteiger partial charge in [0.05, 0.1) is 0 Å². The van der Waals surface area contributed by atoms with Crippen LogP contribution in [0.1, 0.15) is 33.5 Å². The van der Waals surface area contributed by atoms with Crippen LogP contribution < -0.4 is 10.2 Å². The lowest BCUT2D eigenvalue weighted by atomic mass is 10.2. The maximum atomic E-state index is 4.74. The average molecular weight is 324 g/mol. The summed E-state index contributed by atoms with van der Waals surface area (Å²) >= 11 is 1.52. The molecule has 0 radical (unpaired) electrons. The minimum atomic E-state index is 0.587. The molecule has 2 heterocycles. The van der Waals surface area contributed by atoms with Gasteiger partial charge >= 0.3 is 0 Å². The summed E-state index contributed by atoms with van der Waals surface area (Å²) in [4.78, 5) is 14.0. The standard InChI is InChI=1S/C15H28N6S/c1-5-13-18-15(22-19-13)21-9-7-20(8-10-21)14(16-6-2)17-11-12(3)4/h12H,5-11H2,1-4H3,(H,16,17). The van der Waals surface area contributed by atoms with Crippen LogP contribution in [-0.2, 0) is 6.42 Å². The van der Waals surface area contributed by atoms with Crippen LogP contribution in [0.4, 0.5) is 5.13 Å². The Hall–Kier alpha value is -1.37. The van der Waals surface area contributed by atoms with E-state index < -0.39 is 0 Å². The van der Waals surface area contributed by atoms with Crippen molar-refractivity contribution in [1.82, 2.24) is 19.6 Å². The molecule has 1 N–H and O–H groups in total. The van der Waals surface area contributed by atoms with E-state index in [1.807, 2.05) is 0 Å². The largest absolute Gasteiger partial charge is 0.357 e. The van der Waals surface area contributed by atoms with Crippen molar-refractivity contribution in [2.75, 3.05) is 44.2 Å². The highest BCUT2D eigenvalue weighted by molar-refractivity contribution is 7.09. The molecule has 2 rings (SSSR count). The molecule has 1 aliphatic heterocycles. The molecule has 124 valence electrons. The van der Waals surface area contributed by atoms with Gasteiger partial charge in [-0.3, -0.25) is 4.99 Å². The minimum absolute atomic E-state index is 0.587. The van der Waals surface area contributed by atoms with Gasteiger partial charge in [-0.1, -0.05) is 20.8 Å². The number of anilines is 1. The van der Waals surface area contributed by atoms with Gasteiger partial charge in [0, 0.05) is 57.2 Å². The van der Waals surface area contributed by atoms with Gasteiger partial charge in [-0.05, 0) is 12.8 Å². The quantitative estimate of drug-likeness (QED) is 0.662. The van der Waals surface area contributed by atoms with Crippen molar-refractivity contribution in [3.63, 3.8) is 0 Å². The van der Waals surface area contributed by atoms with Gasteiger partial charge < -0.3 is 15.1 Å². The first kappa shape index (κ1) is 17.0. The number of nitrogens with zero attached hydrogens (tertiary/aromatic N) is 5. The zero-order valence-corrected chi connectivity index (χ0v) is 15.0. The maximum Gasteiger partial charge on any atom is 0.205 e. The Morgan fingerprint density at radius 1 is 1.27 bits per heavy atom. The normalized spacial score (nSPS) is 16.5. The Bertz CT molecular complexity index is 476. The Kier molecular flexibility index (Phi) is 6.42. The Morgan fingerprint density at radius 3 is 2.55 bits per heavy atom. The highest BCUT2D eigenvalue weighted by Crippen LogP contribution is 2.19. The number of piperazine rings is 1. The zero-order chi connectivity index (χ0) is 15.9. The number of aromatic nitrogens is 2. The molecule has 0 bridgehead atoms. The second-order valence-electron chi connectivity index (χ2n) is 5.91. The molecule has 0 aliphatic carbocycles. The van der Waals surface area contributed by atoms with Crippen molar-refractivity contribution in [3.05, 3.63) is 5.82 Å². The molecule has 0 atom stereocenters. The molecule has 0 saturated carbocycles. The summed E-state index contributed by atoms with van der Waals surface area (Å²) in [5.41, 5.74) is 0. The van der Waals surface area contributed by atoms with E-state index in [0.29, 0.717) is 5.92 Å². The fraction of sp³-hybridized carbons (Fsp3) is 0.800. The van der Waals surface area contributed by atoms with Crippen LogP contribution in [0.15, 0.2) is 4.99 Å². The van der Waals surface area contributed by atoms with Crippen molar-refractivity contribution in [1.29, 1.82) is 0 Å². The molecule has 22 heavy (non-hydrogen) atoms. The number of hydrogen-bond acceptors (Lipinski definition) is 5. The van der Waals surface area contributed by atoms with E-state index in [-0.39, 0.29) is 0 Å². The highest BCUT2D eigenvalue weighted by Gasteiger charge is 2.21.